The number of carbonyl (C=O) groups excluding carboxylic acids is 1. The Labute approximate surface area is 106 Å². The average molecular weight is 250 g/mol. The maximum absolute atomic E-state index is 11.4. The number of nitrogens with two attached hydrogens (primary N) is 1. The second-order valence-corrected chi connectivity index (χ2v) is 4.21. The van der Waals surface area contributed by atoms with Crippen LogP contribution >= 0.6 is 0 Å². The van der Waals surface area contributed by atoms with Crippen LogP contribution in [0.4, 0.5) is 0 Å². The van der Waals surface area contributed by atoms with Gasteiger partial charge in [0.05, 0.1) is 6.04 Å². The molecule has 1 aromatic rings. The van der Waals surface area contributed by atoms with Gasteiger partial charge in [-0.3, -0.25) is 4.79 Å². The first kappa shape index (κ1) is 14.2. The fourth-order valence-electron chi connectivity index (χ4n) is 1.52. The highest BCUT2D eigenvalue weighted by Crippen LogP contribution is 2.05. The Kier molecular flexibility index (Phi) is 5.32. The molecule has 0 aromatic heterocycles. The van der Waals surface area contributed by atoms with Crippen molar-refractivity contribution in [2.24, 2.45) is 5.73 Å². The van der Waals surface area contributed by atoms with Crippen molar-refractivity contribution in [1.82, 2.24) is 5.32 Å². The van der Waals surface area contributed by atoms with E-state index in [1.165, 1.54) is 6.92 Å². The van der Waals surface area contributed by atoms with Gasteiger partial charge in [0.15, 0.2) is 0 Å². The topological polar surface area (TPSA) is 92.4 Å². The zero-order valence-corrected chi connectivity index (χ0v) is 10.3. The Morgan fingerprint density at radius 1 is 1.33 bits per heavy atom. The highest BCUT2D eigenvalue weighted by atomic mass is 16.4. The molecular formula is C13H18N2O3. The van der Waals surface area contributed by atoms with E-state index in [1.54, 1.807) is 0 Å². The number of benzene rings is 1. The Morgan fingerprint density at radius 2 is 1.94 bits per heavy atom. The van der Waals surface area contributed by atoms with Gasteiger partial charge < -0.3 is 16.2 Å². The maximum Gasteiger partial charge on any atom is 0.326 e. The van der Waals surface area contributed by atoms with Crippen molar-refractivity contribution in [3.05, 3.63) is 35.9 Å². The van der Waals surface area contributed by atoms with Crippen molar-refractivity contribution in [1.29, 1.82) is 0 Å². The fourth-order valence-corrected chi connectivity index (χ4v) is 1.52. The molecule has 0 aliphatic carbocycles. The minimum atomic E-state index is -1.04. The van der Waals surface area contributed by atoms with E-state index in [2.05, 4.69) is 5.32 Å². The molecule has 0 unspecified atom stereocenters. The first-order chi connectivity index (χ1) is 8.50. The Bertz CT molecular complexity index is 404. The van der Waals surface area contributed by atoms with Crippen LogP contribution in [0.25, 0.3) is 0 Å². The van der Waals surface area contributed by atoms with Crippen molar-refractivity contribution < 1.29 is 14.7 Å². The third kappa shape index (κ3) is 4.55. The van der Waals surface area contributed by atoms with Crippen LogP contribution < -0.4 is 11.1 Å². The van der Waals surface area contributed by atoms with Crippen LogP contribution in [0.2, 0.25) is 0 Å². The summed E-state index contributed by atoms with van der Waals surface area (Å²) in [7, 11) is 0. The lowest BCUT2D eigenvalue weighted by Crippen LogP contribution is -2.47. The summed E-state index contributed by atoms with van der Waals surface area (Å²) < 4.78 is 0. The molecule has 1 aromatic carbocycles. The molecule has 4 N–H and O–H groups in total. The van der Waals surface area contributed by atoms with E-state index in [0.717, 1.165) is 5.56 Å². The first-order valence-electron chi connectivity index (χ1n) is 5.83. The van der Waals surface area contributed by atoms with Crippen LogP contribution in [0, 0.1) is 0 Å². The lowest BCUT2D eigenvalue weighted by molar-refractivity contribution is -0.142. The van der Waals surface area contributed by atoms with E-state index in [-0.39, 0.29) is 0 Å². The van der Waals surface area contributed by atoms with Crippen LogP contribution in [0.15, 0.2) is 30.3 Å². The summed E-state index contributed by atoms with van der Waals surface area (Å²) in [5, 5.41) is 11.4. The second-order valence-electron chi connectivity index (χ2n) is 4.21. The number of hydrogen-bond donors (Lipinski definition) is 3. The largest absolute Gasteiger partial charge is 0.480 e. The van der Waals surface area contributed by atoms with Crippen molar-refractivity contribution >= 4 is 11.9 Å². The number of carbonyl (C=O) groups is 2. The summed E-state index contributed by atoms with van der Waals surface area (Å²) >= 11 is 0. The summed E-state index contributed by atoms with van der Waals surface area (Å²) in [5.74, 6) is -1.49. The smallest absolute Gasteiger partial charge is 0.326 e. The van der Waals surface area contributed by atoms with Crippen molar-refractivity contribution in [3.63, 3.8) is 0 Å². The highest BCUT2D eigenvalue weighted by molar-refractivity contribution is 5.86. The second kappa shape index (κ2) is 6.76. The lowest BCUT2D eigenvalue weighted by atomic mass is 10.1. The summed E-state index contributed by atoms with van der Waals surface area (Å²) in [6.45, 7) is 1.52. The molecule has 0 aliphatic rings. The zero-order chi connectivity index (χ0) is 13.5. The zero-order valence-electron chi connectivity index (χ0n) is 10.3. The SMILES string of the molecule is C[C@H](N)C(=O)N[C@@H](CCc1ccccc1)C(=O)O. The third-order valence-electron chi connectivity index (χ3n) is 2.59. The van der Waals surface area contributed by atoms with Gasteiger partial charge in [0, 0.05) is 0 Å². The molecule has 0 aliphatic heterocycles. The van der Waals surface area contributed by atoms with E-state index >= 15 is 0 Å². The maximum atomic E-state index is 11.4. The molecule has 18 heavy (non-hydrogen) atoms. The molecule has 5 heteroatoms. The van der Waals surface area contributed by atoms with Crippen molar-refractivity contribution in [2.75, 3.05) is 0 Å². The van der Waals surface area contributed by atoms with Crippen LogP contribution in [-0.4, -0.2) is 29.1 Å². The van der Waals surface area contributed by atoms with Gasteiger partial charge in [-0.15, -0.1) is 0 Å². The summed E-state index contributed by atoms with van der Waals surface area (Å²) in [5.41, 5.74) is 6.43. The number of aliphatic carboxylic acids is 1. The molecule has 0 saturated heterocycles. The van der Waals surface area contributed by atoms with Gasteiger partial charge >= 0.3 is 5.97 Å². The molecule has 5 nitrogen and oxygen atoms in total. The predicted octanol–water partition coefficient (Wildman–Crippen LogP) is 0.536. The molecule has 1 rings (SSSR count). The van der Waals surface area contributed by atoms with Gasteiger partial charge in [-0.1, -0.05) is 30.3 Å². The molecule has 1 amide bonds. The standard InChI is InChI=1S/C13H18N2O3/c1-9(14)12(16)15-11(13(17)18)8-7-10-5-3-2-4-6-10/h2-6,9,11H,7-8,14H2,1H3,(H,15,16)(H,17,18)/t9-,11-/m0/s1. The van der Waals surface area contributed by atoms with E-state index in [0.29, 0.717) is 12.8 Å². The summed E-state index contributed by atoms with van der Waals surface area (Å²) in [4.78, 5) is 22.4. The molecule has 98 valence electrons. The first-order valence-corrected chi connectivity index (χ1v) is 5.83. The molecule has 0 radical (unpaired) electrons. The highest BCUT2D eigenvalue weighted by Gasteiger charge is 2.21. The normalized spacial score (nSPS) is 13.7. The van der Waals surface area contributed by atoms with Crippen molar-refractivity contribution in [3.8, 4) is 0 Å². The molecule has 2 atom stereocenters. The molecule has 0 spiro atoms. The van der Waals surface area contributed by atoms with E-state index in [9.17, 15) is 9.59 Å². The lowest BCUT2D eigenvalue weighted by Gasteiger charge is -2.15. The molecular weight excluding hydrogens is 232 g/mol. The van der Waals surface area contributed by atoms with Gasteiger partial charge in [0.25, 0.3) is 0 Å². The van der Waals surface area contributed by atoms with Crippen LogP contribution in [0.1, 0.15) is 18.9 Å². The Balaban J connectivity index is 2.54. The number of nitrogens with one attached hydrogen (secondary N) is 1. The number of carboxylic acids is 1. The summed E-state index contributed by atoms with van der Waals surface area (Å²) in [6, 6.07) is 7.93. The van der Waals surface area contributed by atoms with Crippen LogP contribution in [0.5, 0.6) is 0 Å². The number of aryl methyl sites for hydroxylation is 1. The van der Waals surface area contributed by atoms with E-state index in [1.807, 2.05) is 30.3 Å². The predicted molar refractivity (Wildman–Crippen MR) is 68.0 cm³/mol. The van der Waals surface area contributed by atoms with Crippen LogP contribution in [-0.2, 0) is 16.0 Å². The van der Waals surface area contributed by atoms with Gasteiger partial charge in [-0.2, -0.15) is 0 Å². The van der Waals surface area contributed by atoms with Gasteiger partial charge in [-0.25, -0.2) is 4.79 Å². The number of rotatable bonds is 6. The Hall–Kier alpha value is -1.88. The fraction of sp³-hybridized carbons (Fsp3) is 0.385. The monoisotopic (exact) mass is 250 g/mol. The van der Waals surface area contributed by atoms with Gasteiger partial charge in [0.2, 0.25) is 5.91 Å². The minimum absolute atomic E-state index is 0.345. The van der Waals surface area contributed by atoms with Crippen molar-refractivity contribution in [2.45, 2.75) is 31.8 Å². The molecule has 0 fully saturated rings. The van der Waals surface area contributed by atoms with Gasteiger partial charge in [0.1, 0.15) is 6.04 Å². The summed E-state index contributed by atoms with van der Waals surface area (Å²) in [6.07, 6.45) is 0.939. The number of amides is 1. The van der Waals surface area contributed by atoms with Gasteiger partial charge in [-0.05, 0) is 25.3 Å². The molecule has 0 heterocycles. The van der Waals surface area contributed by atoms with E-state index in [4.69, 9.17) is 10.8 Å². The third-order valence-corrected chi connectivity index (χ3v) is 2.59. The molecule has 0 bridgehead atoms. The quantitative estimate of drug-likeness (QED) is 0.687. The number of hydrogen-bond acceptors (Lipinski definition) is 3. The Morgan fingerprint density at radius 3 is 2.44 bits per heavy atom. The average Bonchev–Trinajstić information content (AvgIpc) is 2.34. The number of carboxylic acid groups (broad SMARTS) is 1. The van der Waals surface area contributed by atoms with Crippen LogP contribution in [0.3, 0.4) is 0 Å². The van der Waals surface area contributed by atoms with E-state index < -0.39 is 24.0 Å². The minimum Gasteiger partial charge on any atom is -0.480 e. The molecule has 0 saturated carbocycles.